The van der Waals surface area contributed by atoms with Crippen molar-refractivity contribution in [2.45, 2.75) is 71.6 Å². The molecule has 1 aliphatic rings. The number of hydrogen-bond donors (Lipinski definition) is 0. The molecule has 178 valence electrons. The minimum atomic E-state index is -0.0175. The quantitative estimate of drug-likeness (QED) is 0.246. The average Bonchev–Trinajstić information content (AvgIpc) is 3.12. The number of hydrogen-bond acceptors (Lipinski definition) is 0. The maximum absolute atomic E-state index is 2.44. The first kappa shape index (κ1) is 23.6. The van der Waals surface area contributed by atoms with Gasteiger partial charge in [0, 0.05) is 5.41 Å². The molecule has 0 bridgehead atoms. The maximum Gasteiger partial charge on any atom is 0.0159 e. The molecule has 0 heterocycles. The Bertz CT molecular complexity index is 1240. The van der Waals surface area contributed by atoms with Gasteiger partial charge in [0.25, 0.3) is 0 Å². The molecule has 35 heavy (non-hydrogen) atoms. The lowest BCUT2D eigenvalue weighted by Gasteiger charge is -2.23. The van der Waals surface area contributed by atoms with Crippen molar-refractivity contribution in [1.29, 1.82) is 0 Å². The van der Waals surface area contributed by atoms with Crippen molar-refractivity contribution < 1.29 is 0 Å². The van der Waals surface area contributed by atoms with E-state index in [2.05, 4.69) is 113 Å². The highest BCUT2D eigenvalue weighted by Crippen LogP contribution is 2.50. The first-order valence-corrected chi connectivity index (χ1v) is 13.5. The molecular weight excluding hydrogens is 420 g/mol. The Balaban J connectivity index is 1.50. The van der Waals surface area contributed by atoms with Crippen molar-refractivity contribution in [3.05, 3.63) is 107 Å². The Morgan fingerprint density at radius 3 is 1.37 bits per heavy atom. The molecule has 0 spiro atoms. The minimum absolute atomic E-state index is 0.0175. The van der Waals surface area contributed by atoms with Crippen molar-refractivity contribution in [3.8, 4) is 33.4 Å². The second-order valence-electron chi connectivity index (χ2n) is 10.8. The van der Waals surface area contributed by atoms with Crippen LogP contribution in [0.25, 0.3) is 33.4 Å². The number of rotatable bonds is 8. The summed E-state index contributed by atoms with van der Waals surface area (Å²) in [6.07, 6.45) is 7.30. The van der Waals surface area contributed by atoms with Crippen LogP contribution in [0.2, 0.25) is 0 Å². The van der Waals surface area contributed by atoms with Crippen LogP contribution >= 0.6 is 0 Å². The summed E-state index contributed by atoms with van der Waals surface area (Å²) >= 11 is 0. The molecule has 0 atom stereocenters. The van der Waals surface area contributed by atoms with E-state index < -0.39 is 0 Å². The average molecular weight is 459 g/mol. The van der Waals surface area contributed by atoms with E-state index in [1.807, 2.05) is 0 Å². The van der Waals surface area contributed by atoms with Gasteiger partial charge in [-0.2, -0.15) is 0 Å². The van der Waals surface area contributed by atoms with Gasteiger partial charge in [0.05, 0.1) is 0 Å². The zero-order valence-corrected chi connectivity index (χ0v) is 21.8. The Labute approximate surface area is 212 Å². The van der Waals surface area contributed by atoms with Crippen molar-refractivity contribution in [1.82, 2.24) is 0 Å². The molecule has 0 heteroatoms. The molecule has 0 unspecified atom stereocenters. The molecule has 0 saturated carbocycles. The summed E-state index contributed by atoms with van der Waals surface area (Å²) in [6, 6.07) is 32.5. The minimum Gasteiger partial charge on any atom is -0.0654 e. The van der Waals surface area contributed by atoms with Gasteiger partial charge in [0.15, 0.2) is 0 Å². The van der Waals surface area contributed by atoms with Crippen LogP contribution < -0.4 is 0 Å². The van der Waals surface area contributed by atoms with Crippen molar-refractivity contribution in [3.63, 3.8) is 0 Å². The Morgan fingerprint density at radius 2 is 0.943 bits per heavy atom. The van der Waals surface area contributed by atoms with Crippen LogP contribution in [0.5, 0.6) is 0 Å². The fourth-order valence-electron chi connectivity index (χ4n) is 5.67. The van der Waals surface area contributed by atoms with Crippen LogP contribution in [0.4, 0.5) is 0 Å². The number of benzene rings is 4. The molecule has 0 radical (unpaired) electrons. The molecule has 0 aromatic heterocycles. The van der Waals surface area contributed by atoms with E-state index >= 15 is 0 Å². The van der Waals surface area contributed by atoms with Gasteiger partial charge in [-0.3, -0.25) is 0 Å². The smallest absolute Gasteiger partial charge is 0.0159 e. The third kappa shape index (κ3) is 4.59. The summed E-state index contributed by atoms with van der Waals surface area (Å²) in [5, 5.41) is 0. The lowest BCUT2D eigenvalue weighted by atomic mass is 9.80. The van der Waals surface area contributed by atoms with Gasteiger partial charge < -0.3 is 0 Å². The molecule has 0 nitrogen and oxygen atoms in total. The molecule has 4 aromatic rings. The van der Waals surface area contributed by atoms with Crippen LogP contribution in [0.15, 0.2) is 84.9 Å². The lowest BCUT2D eigenvalue weighted by molar-refractivity contribution is 0.661. The summed E-state index contributed by atoms with van der Waals surface area (Å²) in [4.78, 5) is 0. The summed E-state index contributed by atoms with van der Waals surface area (Å²) in [5.41, 5.74) is 13.8. The topological polar surface area (TPSA) is 0 Å². The Hall–Kier alpha value is -3.12. The van der Waals surface area contributed by atoms with Gasteiger partial charge >= 0.3 is 0 Å². The number of unbranched alkanes of at least 4 members (excludes halogenated alkanes) is 2. The molecule has 0 aliphatic heterocycles. The summed E-state index contributed by atoms with van der Waals surface area (Å²) in [6.45, 7) is 9.30. The zero-order chi connectivity index (χ0) is 24.4. The van der Waals surface area contributed by atoms with Crippen LogP contribution in [0.3, 0.4) is 0 Å². The predicted octanol–water partition coefficient (Wildman–Crippen LogP) is 10.0. The van der Waals surface area contributed by atoms with E-state index in [4.69, 9.17) is 0 Å². The van der Waals surface area contributed by atoms with Crippen molar-refractivity contribution >= 4 is 0 Å². The highest BCUT2D eigenvalue weighted by atomic mass is 14.4. The predicted molar refractivity (Wildman–Crippen MR) is 152 cm³/mol. The van der Waals surface area contributed by atoms with Gasteiger partial charge in [-0.25, -0.2) is 0 Å². The monoisotopic (exact) mass is 458 g/mol. The van der Waals surface area contributed by atoms with Crippen LogP contribution in [0.1, 0.15) is 75.6 Å². The van der Waals surface area contributed by atoms with E-state index in [9.17, 15) is 0 Å². The Kier molecular flexibility index (Phi) is 6.65. The van der Waals surface area contributed by atoms with Gasteiger partial charge in [-0.1, -0.05) is 113 Å². The third-order valence-corrected chi connectivity index (χ3v) is 7.83. The standard InChI is InChI=1S/C35H38/c1-5-7-11-25-13-9-15-27(21-25)29-17-19-31-32-20-18-30(24-34(32)35(3,4)33(31)23-29)28-16-10-14-26(22-28)12-8-6-2/h9-10,13-24H,5-8,11-12H2,1-4H3. The molecule has 1 aliphatic carbocycles. The summed E-state index contributed by atoms with van der Waals surface area (Å²) in [5.74, 6) is 0. The summed E-state index contributed by atoms with van der Waals surface area (Å²) in [7, 11) is 0. The van der Waals surface area contributed by atoms with Crippen molar-refractivity contribution in [2.24, 2.45) is 0 Å². The summed E-state index contributed by atoms with van der Waals surface area (Å²) < 4.78 is 0. The molecule has 0 amide bonds. The number of aryl methyl sites for hydroxylation is 2. The van der Waals surface area contributed by atoms with E-state index in [0.717, 1.165) is 12.8 Å². The van der Waals surface area contributed by atoms with Crippen molar-refractivity contribution in [2.75, 3.05) is 0 Å². The normalized spacial score (nSPS) is 13.5. The van der Waals surface area contributed by atoms with E-state index in [1.54, 1.807) is 0 Å². The largest absolute Gasteiger partial charge is 0.0654 e. The lowest BCUT2D eigenvalue weighted by Crippen LogP contribution is -2.15. The van der Waals surface area contributed by atoms with Crippen LogP contribution in [0, 0.1) is 0 Å². The van der Waals surface area contributed by atoms with E-state index in [-0.39, 0.29) is 5.41 Å². The first-order chi connectivity index (χ1) is 17.0. The Morgan fingerprint density at radius 1 is 0.514 bits per heavy atom. The highest BCUT2D eigenvalue weighted by Gasteiger charge is 2.35. The van der Waals surface area contributed by atoms with Crippen LogP contribution in [-0.4, -0.2) is 0 Å². The fourth-order valence-corrected chi connectivity index (χ4v) is 5.67. The van der Waals surface area contributed by atoms with Gasteiger partial charge in [-0.05, 0) is 93.5 Å². The van der Waals surface area contributed by atoms with E-state index in [1.165, 1.54) is 81.3 Å². The maximum atomic E-state index is 2.44. The first-order valence-electron chi connectivity index (χ1n) is 13.5. The number of fused-ring (bicyclic) bond motifs is 3. The SMILES string of the molecule is CCCCc1cccc(-c2ccc3c(c2)C(C)(C)c2cc(-c4cccc(CCCC)c4)ccc2-3)c1. The highest BCUT2D eigenvalue weighted by molar-refractivity contribution is 5.85. The van der Waals surface area contributed by atoms with Gasteiger partial charge in [-0.15, -0.1) is 0 Å². The second kappa shape index (κ2) is 9.86. The van der Waals surface area contributed by atoms with Crippen LogP contribution in [-0.2, 0) is 18.3 Å². The van der Waals surface area contributed by atoms with E-state index in [0.29, 0.717) is 0 Å². The fraction of sp³-hybridized carbons (Fsp3) is 0.314. The molecular formula is C35H38. The van der Waals surface area contributed by atoms with Gasteiger partial charge in [0.2, 0.25) is 0 Å². The zero-order valence-electron chi connectivity index (χ0n) is 21.8. The van der Waals surface area contributed by atoms with Gasteiger partial charge in [0.1, 0.15) is 0 Å². The molecule has 0 fully saturated rings. The third-order valence-electron chi connectivity index (χ3n) is 7.83. The molecule has 5 rings (SSSR count). The second-order valence-corrected chi connectivity index (χ2v) is 10.8. The molecule has 0 saturated heterocycles. The molecule has 0 N–H and O–H groups in total. The molecule has 4 aromatic carbocycles.